The highest BCUT2D eigenvalue weighted by molar-refractivity contribution is 6.02. The van der Waals surface area contributed by atoms with E-state index in [-0.39, 0.29) is 17.9 Å². The SMILES string of the molecule is Cc1cccc(C(=O)N2CCCC2C(=O)N(C)C)c1N. The van der Waals surface area contributed by atoms with Crippen molar-refractivity contribution in [2.45, 2.75) is 25.8 Å². The molecule has 1 aromatic rings. The zero-order valence-corrected chi connectivity index (χ0v) is 12.2. The average molecular weight is 275 g/mol. The van der Waals surface area contributed by atoms with Gasteiger partial charge in [-0.3, -0.25) is 9.59 Å². The molecular formula is C15H21N3O2. The third kappa shape index (κ3) is 2.48. The molecule has 1 aromatic carbocycles. The number of carbonyl (C=O) groups is 2. The first-order chi connectivity index (χ1) is 9.43. The zero-order valence-electron chi connectivity index (χ0n) is 12.2. The Morgan fingerprint density at radius 3 is 2.70 bits per heavy atom. The Hall–Kier alpha value is -2.04. The second kappa shape index (κ2) is 5.53. The molecule has 2 N–H and O–H groups in total. The summed E-state index contributed by atoms with van der Waals surface area (Å²) in [6, 6.07) is 5.05. The number of hydrogen-bond acceptors (Lipinski definition) is 3. The molecule has 108 valence electrons. The number of nitrogens with zero attached hydrogens (tertiary/aromatic N) is 2. The highest BCUT2D eigenvalue weighted by Gasteiger charge is 2.35. The Morgan fingerprint density at radius 2 is 2.05 bits per heavy atom. The first-order valence-electron chi connectivity index (χ1n) is 6.80. The molecule has 0 spiro atoms. The monoisotopic (exact) mass is 275 g/mol. The number of nitrogens with two attached hydrogens (primary N) is 1. The summed E-state index contributed by atoms with van der Waals surface area (Å²) in [7, 11) is 3.43. The van der Waals surface area contributed by atoms with Crippen molar-refractivity contribution in [2.24, 2.45) is 0 Å². The van der Waals surface area contributed by atoms with Gasteiger partial charge in [-0.2, -0.15) is 0 Å². The summed E-state index contributed by atoms with van der Waals surface area (Å²) < 4.78 is 0. The lowest BCUT2D eigenvalue weighted by molar-refractivity contribution is -0.132. The van der Waals surface area contributed by atoms with Crippen LogP contribution in [0.5, 0.6) is 0 Å². The standard InChI is InChI=1S/C15H21N3O2/c1-10-6-4-7-11(13(10)16)14(19)18-9-5-8-12(18)15(20)17(2)3/h4,6-7,12H,5,8-9,16H2,1-3H3. The maximum absolute atomic E-state index is 12.6. The van der Waals surface area contributed by atoms with Crippen molar-refractivity contribution in [3.05, 3.63) is 29.3 Å². The Balaban J connectivity index is 2.28. The summed E-state index contributed by atoms with van der Waals surface area (Å²) in [5, 5.41) is 0. The van der Waals surface area contributed by atoms with E-state index in [1.165, 1.54) is 4.90 Å². The van der Waals surface area contributed by atoms with Gasteiger partial charge in [0.2, 0.25) is 5.91 Å². The number of nitrogen functional groups attached to an aromatic ring is 1. The molecule has 0 saturated carbocycles. The van der Waals surface area contributed by atoms with Crippen LogP contribution in [-0.4, -0.2) is 48.3 Å². The summed E-state index contributed by atoms with van der Waals surface area (Å²) in [5.74, 6) is -0.175. The molecule has 5 nitrogen and oxygen atoms in total. The lowest BCUT2D eigenvalue weighted by Crippen LogP contribution is -2.45. The molecule has 0 aliphatic carbocycles. The fraction of sp³-hybridized carbons (Fsp3) is 0.467. The van der Waals surface area contributed by atoms with Gasteiger partial charge in [-0.25, -0.2) is 0 Å². The molecule has 2 rings (SSSR count). The van der Waals surface area contributed by atoms with Gasteiger partial charge in [-0.05, 0) is 31.4 Å². The first kappa shape index (κ1) is 14.4. The molecule has 0 bridgehead atoms. The van der Waals surface area contributed by atoms with Gasteiger partial charge in [0.1, 0.15) is 6.04 Å². The number of para-hydroxylation sites is 1. The quantitative estimate of drug-likeness (QED) is 0.827. The van der Waals surface area contributed by atoms with Gasteiger partial charge >= 0.3 is 0 Å². The average Bonchev–Trinajstić information content (AvgIpc) is 2.89. The summed E-state index contributed by atoms with van der Waals surface area (Å²) in [4.78, 5) is 28.0. The van der Waals surface area contributed by atoms with E-state index >= 15 is 0 Å². The lowest BCUT2D eigenvalue weighted by Gasteiger charge is -2.26. The smallest absolute Gasteiger partial charge is 0.256 e. The van der Waals surface area contributed by atoms with E-state index in [2.05, 4.69) is 0 Å². The summed E-state index contributed by atoms with van der Waals surface area (Å²) in [6.07, 6.45) is 1.57. The van der Waals surface area contributed by atoms with E-state index < -0.39 is 0 Å². The van der Waals surface area contributed by atoms with Gasteiger partial charge in [0.25, 0.3) is 5.91 Å². The van der Waals surface area contributed by atoms with Crippen LogP contribution in [0.3, 0.4) is 0 Å². The molecule has 2 amide bonds. The Kier molecular flexibility index (Phi) is 3.97. The topological polar surface area (TPSA) is 66.6 Å². The zero-order chi connectivity index (χ0) is 14.9. The van der Waals surface area contributed by atoms with Crippen LogP contribution in [0.4, 0.5) is 5.69 Å². The van der Waals surface area contributed by atoms with Crippen LogP contribution in [0.1, 0.15) is 28.8 Å². The Bertz CT molecular complexity index is 540. The fourth-order valence-corrected chi connectivity index (χ4v) is 2.59. The van der Waals surface area contributed by atoms with Gasteiger partial charge < -0.3 is 15.5 Å². The highest BCUT2D eigenvalue weighted by atomic mass is 16.2. The van der Waals surface area contributed by atoms with Crippen LogP contribution in [-0.2, 0) is 4.79 Å². The summed E-state index contributed by atoms with van der Waals surface area (Å²) >= 11 is 0. The third-order valence-corrected chi connectivity index (χ3v) is 3.79. The highest BCUT2D eigenvalue weighted by Crippen LogP contribution is 2.25. The van der Waals surface area contributed by atoms with Crippen molar-refractivity contribution < 1.29 is 9.59 Å². The van der Waals surface area contributed by atoms with Gasteiger partial charge in [0, 0.05) is 26.3 Å². The molecule has 1 unspecified atom stereocenters. The first-order valence-corrected chi connectivity index (χ1v) is 6.80. The normalized spacial score (nSPS) is 18.1. The largest absolute Gasteiger partial charge is 0.398 e. The second-order valence-electron chi connectivity index (χ2n) is 5.43. The Labute approximate surface area is 119 Å². The van der Waals surface area contributed by atoms with Gasteiger partial charge in [-0.15, -0.1) is 0 Å². The van der Waals surface area contributed by atoms with Crippen LogP contribution in [0, 0.1) is 6.92 Å². The number of hydrogen-bond donors (Lipinski definition) is 1. The number of amides is 2. The number of anilines is 1. The van der Waals surface area contributed by atoms with Crippen LogP contribution >= 0.6 is 0 Å². The van der Waals surface area contributed by atoms with Crippen molar-refractivity contribution in [1.82, 2.24) is 9.80 Å². The van der Waals surface area contributed by atoms with Crippen LogP contribution in [0.25, 0.3) is 0 Å². The maximum atomic E-state index is 12.6. The van der Waals surface area contributed by atoms with Crippen LogP contribution in [0.2, 0.25) is 0 Å². The van der Waals surface area contributed by atoms with E-state index in [0.29, 0.717) is 24.2 Å². The van der Waals surface area contributed by atoms with Crippen molar-refractivity contribution in [2.75, 3.05) is 26.4 Å². The Morgan fingerprint density at radius 1 is 1.35 bits per heavy atom. The van der Waals surface area contributed by atoms with Crippen molar-refractivity contribution in [3.63, 3.8) is 0 Å². The van der Waals surface area contributed by atoms with Gasteiger partial charge in [-0.1, -0.05) is 12.1 Å². The van der Waals surface area contributed by atoms with Crippen LogP contribution in [0.15, 0.2) is 18.2 Å². The molecule has 1 aliphatic heterocycles. The molecule has 0 aromatic heterocycles. The molecule has 1 saturated heterocycles. The number of rotatable bonds is 2. The molecule has 1 atom stereocenters. The summed E-state index contributed by atoms with van der Waals surface area (Å²) in [5.41, 5.74) is 7.86. The predicted octanol–water partition coefficient (Wildman–Crippen LogP) is 1.27. The maximum Gasteiger partial charge on any atom is 0.256 e. The molecule has 5 heteroatoms. The van der Waals surface area contributed by atoms with Gasteiger partial charge in [0.05, 0.1) is 5.56 Å². The van der Waals surface area contributed by atoms with E-state index in [9.17, 15) is 9.59 Å². The van der Waals surface area contributed by atoms with Crippen LogP contribution < -0.4 is 5.73 Å². The minimum Gasteiger partial charge on any atom is -0.398 e. The summed E-state index contributed by atoms with van der Waals surface area (Å²) in [6.45, 7) is 2.48. The minimum absolute atomic E-state index is 0.0259. The van der Waals surface area contributed by atoms with E-state index in [1.807, 2.05) is 19.1 Å². The molecule has 1 fully saturated rings. The molecule has 1 heterocycles. The van der Waals surface area contributed by atoms with Crippen molar-refractivity contribution in [1.29, 1.82) is 0 Å². The second-order valence-corrected chi connectivity index (χ2v) is 5.43. The van der Waals surface area contributed by atoms with E-state index in [4.69, 9.17) is 5.73 Å². The fourth-order valence-electron chi connectivity index (χ4n) is 2.59. The van der Waals surface area contributed by atoms with Crippen molar-refractivity contribution >= 4 is 17.5 Å². The number of likely N-dealkylation sites (N-methyl/N-ethyl adjacent to an activating group) is 1. The number of benzene rings is 1. The van der Waals surface area contributed by atoms with Crippen molar-refractivity contribution in [3.8, 4) is 0 Å². The molecule has 1 aliphatic rings. The third-order valence-electron chi connectivity index (χ3n) is 3.79. The minimum atomic E-state index is -0.364. The number of likely N-dealkylation sites (tertiary alicyclic amines) is 1. The van der Waals surface area contributed by atoms with E-state index in [0.717, 1.165) is 12.0 Å². The number of aryl methyl sites for hydroxylation is 1. The van der Waals surface area contributed by atoms with E-state index in [1.54, 1.807) is 25.1 Å². The molecular weight excluding hydrogens is 254 g/mol. The van der Waals surface area contributed by atoms with Gasteiger partial charge in [0.15, 0.2) is 0 Å². The lowest BCUT2D eigenvalue weighted by atomic mass is 10.1. The molecule has 20 heavy (non-hydrogen) atoms. The number of carbonyl (C=O) groups excluding carboxylic acids is 2. The predicted molar refractivity (Wildman–Crippen MR) is 78.3 cm³/mol. The molecule has 0 radical (unpaired) electrons.